The van der Waals surface area contributed by atoms with Crippen LogP contribution in [0.4, 0.5) is 5.00 Å². The topological polar surface area (TPSA) is 86.2 Å². The molecule has 4 nitrogen and oxygen atoms in total. The fourth-order valence-electron chi connectivity index (χ4n) is 1.76. The Kier molecular flexibility index (Phi) is 4.06. The van der Waals surface area contributed by atoms with Gasteiger partial charge < -0.3 is 11.5 Å². The summed E-state index contributed by atoms with van der Waals surface area (Å²) < 4.78 is 0. The molecule has 1 aromatic heterocycles. The standard InChI is InChI=1S/C9H10N2O2S.C2H6/c10-8(13)6-4-2-1-3-5(12)7(4)14-9(6)11;1-2/h1-3,11H2,(H2,10,13);1-2H3. The van der Waals surface area contributed by atoms with Gasteiger partial charge in [0.25, 0.3) is 5.91 Å². The molecule has 5 heteroatoms. The Bertz CT molecular complexity index is 424. The number of hydrogen-bond donors (Lipinski definition) is 2. The van der Waals surface area contributed by atoms with Crippen molar-refractivity contribution in [3.63, 3.8) is 0 Å². The van der Waals surface area contributed by atoms with Gasteiger partial charge in [-0.15, -0.1) is 11.3 Å². The molecule has 0 saturated heterocycles. The number of nitrogen functional groups attached to an aromatic ring is 1. The minimum Gasteiger partial charge on any atom is -0.390 e. The SMILES string of the molecule is CC.NC(=O)c1c(N)sc2c1CCCC2=O. The van der Waals surface area contributed by atoms with E-state index < -0.39 is 5.91 Å². The predicted octanol–water partition coefficient (Wildman–Crippen LogP) is 1.97. The summed E-state index contributed by atoms with van der Waals surface area (Å²) in [5.41, 5.74) is 12.0. The summed E-state index contributed by atoms with van der Waals surface area (Å²) in [5, 5.41) is 0.373. The van der Waals surface area contributed by atoms with E-state index in [1.165, 1.54) is 11.3 Å². The monoisotopic (exact) mass is 240 g/mol. The second-order valence-electron chi connectivity index (χ2n) is 3.29. The van der Waals surface area contributed by atoms with Crippen molar-refractivity contribution in [3.8, 4) is 0 Å². The third-order valence-electron chi connectivity index (χ3n) is 2.36. The van der Waals surface area contributed by atoms with Crippen molar-refractivity contribution in [2.75, 3.05) is 5.73 Å². The van der Waals surface area contributed by atoms with Gasteiger partial charge in [0.1, 0.15) is 0 Å². The molecule has 0 bridgehead atoms. The molecule has 1 aliphatic carbocycles. The largest absolute Gasteiger partial charge is 0.390 e. The molecule has 0 saturated carbocycles. The van der Waals surface area contributed by atoms with Gasteiger partial charge in [-0.25, -0.2) is 0 Å². The summed E-state index contributed by atoms with van der Waals surface area (Å²) >= 11 is 1.18. The highest BCUT2D eigenvalue weighted by molar-refractivity contribution is 7.18. The Morgan fingerprint density at radius 1 is 1.31 bits per heavy atom. The number of carbonyl (C=O) groups is 2. The first-order valence-corrected chi connectivity index (χ1v) is 6.17. The quantitative estimate of drug-likeness (QED) is 0.786. The van der Waals surface area contributed by atoms with Gasteiger partial charge in [0, 0.05) is 6.42 Å². The summed E-state index contributed by atoms with van der Waals surface area (Å²) in [6.45, 7) is 4.00. The highest BCUT2D eigenvalue weighted by Crippen LogP contribution is 2.35. The van der Waals surface area contributed by atoms with Crippen molar-refractivity contribution in [2.45, 2.75) is 33.1 Å². The maximum absolute atomic E-state index is 11.5. The zero-order valence-corrected chi connectivity index (χ0v) is 10.3. The molecular weight excluding hydrogens is 224 g/mol. The molecule has 0 spiro atoms. The number of nitrogens with two attached hydrogens (primary N) is 2. The third-order valence-corrected chi connectivity index (χ3v) is 3.47. The minimum atomic E-state index is -0.533. The van der Waals surface area contributed by atoms with Gasteiger partial charge in [0.15, 0.2) is 5.78 Å². The van der Waals surface area contributed by atoms with Crippen LogP contribution in [0.5, 0.6) is 0 Å². The Balaban J connectivity index is 0.000000606. The smallest absolute Gasteiger partial charge is 0.251 e. The molecule has 0 radical (unpaired) electrons. The van der Waals surface area contributed by atoms with Crippen molar-refractivity contribution in [1.29, 1.82) is 0 Å². The van der Waals surface area contributed by atoms with E-state index in [4.69, 9.17) is 11.5 Å². The molecule has 16 heavy (non-hydrogen) atoms. The summed E-state index contributed by atoms with van der Waals surface area (Å²) in [6.07, 6.45) is 2.06. The lowest BCUT2D eigenvalue weighted by molar-refractivity contribution is 0.0977. The first kappa shape index (κ1) is 12.7. The van der Waals surface area contributed by atoms with Gasteiger partial charge in [0.2, 0.25) is 0 Å². The number of Topliss-reactive ketones (excluding diaryl/α,β-unsaturated/α-hetero) is 1. The molecule has 1 aliphatic rings. The Morgan fingerprint density at radius 2 is 1.94 bits per heavy atom. The molecule has 0 atom stereocenters. The van der Waals surface area contributed by atoms with Gasteiger partial charge in [0.05, 0.1) is 15.4 Å². The van der Waals surface area contributed by atoms with Crippen LogP contribution in [0.1, 0.15) is 52.3 Å². The molecule has 0 unspecified atom stereocenters. The number of anilines is 1. The Morgan fingerprint density at radius 3 is 2.50 bits per heavy atom. The van der Waals surface area contributed by atoms with Crippen LogP contribution in [0.3, 0.4) is 0 Å². The molecule has 1 amide bonds. The summed E-state index contributed by atoms with van der Waals surface area (Å²) in [5.74, 6) is -0.454. The molecule has 2 rings (SSSR count). The fraction of sp³-hybridized carbons (Fsp3) is 0.455. The highest BCUT2D eigenvalue weighted by atomic mass is 32.1. The Labute approximate surface area is 98.6 Å². The van der Waals surface area contributed by atoms with Crippen molar-refractivity contribution in [2.24, 2.45) is 5.73 Å². The zero-order chi connectivity index (χ0) is 12.3. The van der Waals surface area contributed by atoms with Gasteiger partial charge in [-0.05, 0) is 18.4 Å². The lowest BCUT2D eigenvalue weighted by Gasteiger charge is -2.09. The van der Waals surface area contributed by atoms with Crippen LogP contribution < -0.4 is 11.5 Å². The van der Waals surface area contributed by atoms with Gasteiger partial charge in [-0.2, -0.15) is 0 Å². The number of amides is 1. The summed E-state index contributed by atoms with van der Waals surface area (Å²) in [7, 11) is 0. The number of thiophene rings is 1. The number of primary amides is 1. The second kappa shape index (κ2) is 5.12. The van der Waals surface area contributed by atoms with Crippen molar-refractivity contribution in [3.05, 3.63) is 16.0 Å². The van der Waals surface area contributed by atoms with Crippen LogP contribution in [-0.2, 0) is 6.42 Å². The minimum absolute atomic E-state index is 0.0791. The lowest BCUT2D eigenvalue weighted by Crippen LogP contribution is -2.16. The molecule has 1 aromatic rings. The molecule has 88 valence electrons. The number of hydrogen-bond acceptors (Lipinski definition) is 4. The van der Waals surface area contributed by atoms with E-state index in [0.29, 0.717) is 21.9 Å². The molecule has 4 N–H and O–H groups in total. The van der Waals surface area contributed by atoms with Crippen molar-refractivity contribution in [1.82, 2.24) is 0 Å². The lowest BCUT2D eigenvalue weighted by atomic mass is 9.94. The van der Waals surface area contributed by atoms with E-state index in [-0.39, 0.29) is 5.78 Å². The molecule has 0 aliphatic heterocycles. The maximum atomic E-state index is 11.5. The average molecular weight is 240 g/mol. The van der Waals surface area contributed by atoms with Gasteiger partial charge in [-0.3, -0.25) is 9.59 Å². The van der Waals surface area contributed by atoms with E-state index in [0.717, 1.165) is 18.4 Å². The van der Waals surface area contributed by atoms with Crippen LogP contribution in [-0.4, -0.2) is 11.7 Å². The van der Waals surface area contributed by atoms with Crippen LogP contribution in [0.2, 0.25) is 0 Å². The molecule has 0 aromatic carbocycles. The summed E-state index contributed by atoms with van der Waals surface area (Å²) in [4.78, 5) is 23.2. The van der Waals surface area contributed by atoms with Crippen LogP contribution in [0, 0.1) is 0 Å². The van der Waals surface area contributed by atoms with Crippen LogP contribution in [0.15, 0.2) is 0 Å². The fourth-order valence-corrected chi connectivity index (χ4v) is 2.85. The van der Waals surface area contributed by atoms with E-state index in [1.807, 2.05) is 13.8 Å². The first-order chi connectivity index (χ1) is 7.61. The molecule has 1 heterocycles. The number of ketones is 1. The van der Waals surface area contributed by atoms with Crippen LogP contribution in [0.25, 0.3) is 0 Å². The predicted molar refractivity (Wildman–Crippen MR) is 65.9 cm³/mol. The third kappa shape index (κ3) is 2.09. The summed E-state index contributed by atoms with van der Waals surface area (Å²) in [6, 6.07) is 0. The van der Waals surface area contributed by atoms with Gasteiger partial charge in [-0.1, -0.05) is 13.8 Å². The van der Waals surface area contributed by atoms with E-state index in [1.54, 1.807) is 0 Å². The molecule has 0 fully saturated rings. The second-order valence-corrected chi connectivity index (χ2v) is 4.34. The number of carbonyl (C=O) groups excluding carboxylic acids is 2. The first-order valence-electron chi connectivity index (χ1n) is 5.35. The molecular formula is C11H16N2O2S. The van der Waals surface area contributed by atoms with E-state index in [2.05, 4.69) is 0 Å². The average Bonchev–Trinajstić information content (AvgIpc) is 2.59. The zero-order valence-electron chi connectivity index (χ0n) is 9.50. The number of rotatable bonds is 1. The maximum Gasteiger partial charge on any atom is 0.251 e. The van der Waals surface area contributed by atoms with Crippen molar-refractivity contribution < 1.29 is 9.59 Å². The normalized spacial score (nSPS) is 13.8. The number of fused-ring (bicyclic) bond motifs is 1. The van der Waals surface area contributed by atoms with Gasteiger partial charge >= 0.3 is 0 Å². The highest BCUT2D eigenvalue weighted by Gasteiger charge is 2.26. The van der Waals surface area contributed by atoms with E-state index in [9.17, 15) is 9.59 Å². The Hall–Kier alpha value is -1.36. The van der Waals surface area contributed by atoms with Crippen LogP contribution >= 0.6 is 11.3 Å². The van der Waals surface area contributed by atoms with Crippen molar-refractivity contribution >= 4 is 28.0 Å². The van der Waals surface area contributed by atoms with E-state index >= 15 is 0 Å².